The third-order valence-corrected chi connectivity index (χ3v) is 13.8. The smallest absolute Gasteiger partial charge is 0.407 e. The van der Waals surface area contributed by atoms with Crippen molar-refractivity contribution >= 4 is 55.0 Å². The van der Waals surface area contributed by atoms with Crippen LogP contribution in [0.4, 0.5) is 9.59 Å². The number of amides is 4. The Kier molecular flexibility index (Phi) is 17.2. The van der Waals surface area contributed by atoms with Crippen LogP contribution in [0, 0.1) is 35.5 Å². The predicted octanol–water partition coefficient (Wildman–Crippen LogP) is 5.92. The van der Waals surface area contributed by atoms with E-state index in [2.05, 4.69) is 54.3 Å². The molecule has 3 atom stereocenters. The van der Waals surface area contributed by atoms with Crippen LogP contribution in [0.2, 0.25) is 0 Å². The predicted molar refractivity (Wildman–Crippen MR) is 260 cm³/mol. The number of imidazole rings is 2. The first kappa shape index (κ1) is 53.0. The number of likely N-dealkylation sites (tertiary alicyclic amines) is 1. The van der Waals surface area contributed by atoms with E-state index in [0.29, 0.717) is 61.0 Å². The monoisotopic (exact) mass is 1010 g/mol. The molecule has 1 aliphatic rings. The average Bonchev–Trinajstić information content (AvgIpc) is 4.13. The van der Waals surface area contributed by atoms with E-state index in [1.54, 1.807) is 15.9 Å². The molecule has 2 aromatic heterocycles. The fraction of sp³-hybridized carbons (Fsp3) is 0.388. The maximum atomic E-state index is 14.2. The number of hydrogen-bond donors (Lipinski definition) is 5. The summed E-state index contributed by atoms with van der Waals surface area (Å²) >= 11 is 0. The van der Waals surface area contributed by atoms with Crippen LogP contribution < -0.4 is 14.8 Å². The number of methoxy groups -OCH3 is 2. The van der Waals surface area contributed by atoms with Crippen molar-refractivity contribution in [3.63, 3.8) is 0 Å². The Balaban J connectivity index is 1.32. The van der Waals surface area contributed by atoms with E-state index in [1.807, 2.05) is 34.6 Å². The number of aromatic amines is 2. The summed E-state index contributed by atoms with van der Waals surface area (Å²) < 4.78 is 78.1. The molecule has 376 valence electrons. The highest BCUT2D eigenvalue weighted by Crippen LogP contribution is 2.35. The molecule has 5 N–H and O–H groups in total. The van der Waals surface area contributed by atoms with Crippen LogP contribution >= 0.6 is 0 Å². The molecule has 1 saturated heterocycles. The molecule has 1 aliphatic heterocycles. The van der Waals surface area contributed by atoms with E-state index in [4.69, 9.17) is 13.7 Å². The zero-order valence-electron chi connectivity index (χ0n) is 40.2. The molecule has 0 spiro atoms. The minimum atomic E-state index is -4.74. The number of nitrogens with zero attached hydrogens (tertiary/aromatic N) is 4. The first-order valence-electron chi connectivity index (χ1n) is 22.7. The second-order valence-electron chi connectivity index (χ2n) is 17.3. The maximum absolute atomic E-state index is 14.2. The molecule has 3 unspecified atom stereocenters. The van der Waals surface area contributed by atoms with Gasteiger partial charge < -0.3 is 44.1 Å². The number of carbonyl (C=O) groups is 4. The van der Waals surface area contributed by atoms with Gasteiger partial charge in [-0.15, -0.1) is 0 Å². The zero-order chi connectivity index (χ0) is 51.6. The number of benzene rings is 3. The van der Waals surface area contributed by atoms with Crippen molar-refractivity contribution < 1.29 is 54.2 Å². The first-order valence-corrected chi connectivity index (χ1v) is 25.6. The van der Waals surface area contributed by atoms with Crippen molar-refractivity contribution in [3.05, 3.63) is 89.9 Å². The van der Waals surface area contributed by atoms with Crippen molar-refractivity contribution in [1.82, 2.24) is 40.4 Å². The zero-order valence-corrected chi connectivity index (χ0v) is 41.9. The molecule has 0 bridgehead atoms. The first-order chi connectivity index (χ1) is 33.8. The highest BCUT2D eigenvalue weighted by Gasteiger charge is 2.38. The van der Waals surface area contributed by atoms with Crippen LogP contribution in [0.25, 0.3) is 22.0 Å². The number of alkyl carbamates (subject to hydrolysis) is 2. The van der Waals surface area contributed by atoms with E-state index >= 15 is 0 Å². The van der Waals surface area contributed by atoms with Gasteiger partial charge in [-0.05, 0) is 79.0 Å². The molecule has 0 aliphatic carbocycles. The molecule has 4 amide bonds. The van der Waals surface area contributed by atoms with Crippen LogP contribution in [-0.2, 0) is 45.8 Å². The Morgan fingerprint density at radius 2 is 1.51 bits per heavy atom. The van der Waals surface area contributed by atoms with Gasteiger partial charge in [0.05, 0.1) is 50.5 Å². The molecule has 5 aromatic rings. The second kappa shape index (κ2) is 23.0. The lowest BCUT2D eigenvalue weighted by Gasteiger charge is -2.30. The summed E-state index contributed by atoms with van der Waals surface area (Å²) in [6, 6.07) is 10.3. The summed E-state index contributed by atoms with van der Waals surface area (Å²) in [4.78, 5) is 69.3. The summed E-state index contributed by atoms with van der Waals surface area (Å²) in [5.74, 6) is 10.8. The van der Waals surface area contributed by atoms with Gasteiger partial charge in [-0.25, -0.2) is 19.6 Å². The Hall–Kier alpha value is -7.40. The maximum Gasteiger partial charge on any atom is 0.407 e. The Morgan fingerprint density at radius 3 is 2.15 bits per heavy atom. The minimum absolute atomic E-state index is 0.0259. The molecular weight excluding hydrogens is 957 g/mol. The molecule has 71 heavy (non-hydrogen) atoms. The number of hydrogen-bond acceptors (Lipinski definition) is 13. The number of nitrogens with one attached hydrogen (secondary N) is 4. The summed E-state index contributed by atoms with van der Waals surface area (Å²) in [5.41, 5.74) is 1.35. The van der Waals surface area contributed by atoms with Crippen molar-refractivity contribution in [1.29, 1.82) is 0 Å². The topological polar surface area (TPSA) is 272 Å². The van der Waals surface area contributed by atoms with Crippen LogP contribution in [-0.4, -0.2) is 115 Å². The van der Waals surface area contributed by atoms with Gasteiger partial charge in [0.2, 0.25) is 11.8 Å². The normalized spacial score (nSPS) is 14.5. The van der Waals surface area contributed by atoms with E-state index in [-0.39, 0.29) is 57.2 Å². The van der Waals surface area contributed by atoms with Gasteiger partial charge in [0.25, 0.3) is 10.1 Å². The highest BCUT2D eigenvalue weighted by atomic mass is 32.2. The van der Waals surface area contributed by atoms with Crippen molar-refractivity contribution in [3.8, 4) is 40.7 Å². The molecule has 3 heterocycles. The fourth-order valence-electron chi connectivity index (χ4n) is 7.96. The number of aromatic nitrogens is 4. The second-order valence-corrected chi connectivity index (χ2v) is 20.2. The van der Waals surface area contributed by atoms with Gasteiger partial charge in [-0.1, -0.05) is 71.4 Å². The molecule has 1 fully saturated rings. The third kappa shape index (κ3) is 12.9. The summed E-state index contributed by atoms with van der Waals surface area (Å²) in [5, 5.41) is 5.17. The molecule has 3 aromatic carbocycles. The minimum Gasteiger partial charge on any atom is -0.453 e. The standard InChI is InChI=1S/C49H56N8O12S2/c1-8-9-24-56(46(58)43(30(2)3)54-48(60)67-6)29-42-50-27-34(52-42)16-11-10-15-32-22-23-33(26-39(32)69-71(65,66)41-21-13-17-35-36(41)18-12-20-40(35)70(62,63)64)37-28-51-45(53-37)38-19-14-25-57(38)47(59)44(31(4)5)55-49(61)68-7/h12-13,17-18,20-23,26-28,30-31,38,43-44H,8-9,14,19,24-25,29H2,1-7H3,(H,50,52)(H,51,53)(H,54,60)(H,55,61)(H,62,63,64). The lowest BCUT2D eigenvalue weighted by molar-refractivity contribution is -0.136. The van der Waals surface area contributed by atoms with Gasteiger partial charge in [0, 0.05) is 29.4 Å². The number of carbonyl (C=O) groups excluding carboxylic acids is 4. The lowest BCUT2D eigenvalue weighted by atomic mass is 10.0. The number of unbranched alkanes of at least 4 members (excludes halogenated alkanes) is 1. The van der Waals surface area contributed by atoms with Crippen LogP contribution in [0.3, 0.4) is 0 Å². The molecule has 22 heteroatoms. The van der Waals surface area contributed by atoms with Crippen molar-refractivity contribution in [2.24, 2.45) is 11.8 Å². The van der Waals surface area contributed by atoms with Crippen LogP contribution in [0.15, 0.2) is 76.8 Å². The van der Waals surface area contributed by atoms with Gasteiger partial charge >= 0.3 is 22.3 Å². The molecule has 20 nitrogen and oxygen atoms in total. The van der Waals surface area contributed by atoms with E-state index in [0.717, 1.165) is 12.5 Å². The molecule has 6 rings (SSSR count). The Labute approximate surface area is 412 Å². The lowest BCUT2D eigenvalue weighted by Crippen LogP contribution is -2.51. The number of rotatable bonds is 17. The summed E-state index contributed by atoms with van der Waals surface area (Å²) in [6.45, 7) is 10.2. The van der Waals surface area contributed by atoms with Gasteiger partial charge in [-0.2, -0.15) is 16.8 Å². The number of H-pyrrole nitrogens is 2. The average molecular weight is 1010 g/mol. The van der Waals surface area contributed by atoms with E-state index in [9.17, 15) is 40.6 Å². The quantitative estimate of drug-likeness (QED) is 0.0411. The summed E-state index contributed by atoms with van der Waals surface area (Å²) in [6.07, 6.45) is 4.37. The van der Waals surface area contributed by atoms with Crippen molar-refractivity contribution in [2.45, 2.75) is 94.8 Å². The van der Waals surface area contributed by atoms with E-state index < -0.39 is 55.4 Å². The number of ether oxygens (including phenoxy) is 2. The molecule has 0 radical (unpaired) electrons. The highest BCUT2D eigenvalue weighted by molar-refractivity contribution is 7.87. The van der Waals surface area contributed by atoms with Crippen LogP contribution in [0.1, 0.15) is 89.3 Å². The van der Waals surface area contributed by atoms with E-state index in [1.165, 1.54) is 69.1 Å². The van der Waals surface area contributed by atoms with Gasteiger partial charge in [0.1, 0.15) is 39.2 Å². The summed E-state index contributed by atoms with van der Waals surface area (Å²) in [7, 11) is -7.03. The third-order valence-electron chi connectivity index (χ3n) is 11.6. The van der Waals surface area contributed by atoms with Gasteiger partial charge in [-0.3, -0.25) is 14.1 Å². The van der Waals surface area contributed by atoms with Crippen molar-refractivity contribution in [2.75, 3.05) is 27.3 Å². The Morgan fingerprint density at radius 1 is 0.859 bits per heavy atom. The number of fused-ring (bicyclic) bond motifs is 1. The van der Waals surface area contributed by atoms with Gasteiger partial charge in [0.15, 0.2) is 5.75 Å². The Bertz CT molecular complexity index is 3140. The largest absolute Gasteiger partial charge is 0.453 e. The fourth-order valence-corrected chi connectivity index (χ4v) is 9.83. The van der Waals surface area contributed by atoms with Crippen LogP contribution in [0.5, 0.6) is 5.75 Å². The SMILES string of the molecule is CCCCN(Cc1ncc(C#CC#Cc2ccc(-c3cnc(C4CCCN4C(=O)C(NC(=O)OC)C(C)C)[nH]3)cc2OS(=O)(=O)c2cccc3c(S(=O)(=O)O)cccc23)[nH]1)C(=O)C(NC(=O)OC)C(C)C. The molecular formula is C49H56N8O12S2. The molecule has 0 saturated carbocycles.